The van der Waals surface area contributed by atoms with Gasteiger partial charge in [-0.3, -0.25) is 4.90 Å². The Kier molecular flexibility index (Phi) is 6.92. The fourth-order valence-corrected chi connectivity index (χ4v) is 4.23. The van der Waals surface area contributed by atoms with E-state index in [1.54, 1.807) is 7.11 Å². The summed E-state index contributed by atoms with van der Waals surface area (Å²) in [6, 6.07) is 17.1. The molecule has 0 heterocycles. The van der Waals surface area contributed by atoms with Crippen LogP contribution in [0.3, 0.4) is 0 Å². The maximum absolute atomic E-state index is 12.2. The molecule has 2 aromatic rings. The minimum absolute atomic E-state index is 0.192. The van der Waals surface area contributed by atoms with Crippen LogP contribution in [0.15, 0.2) is 54.6 Å². The molecule has 1 aliphatic rings. The molecule has 0 aliphatic heterocycles. The summed E-state index contributed by atoms with van der Waals surface area (Å²) >= 11 is 0. The molecule has 3 rings (SSSR count). The zero-order valence-corrected chi connectivity index (χ0v) is 18.8. The first-order valence-corrected chi connectivity index (χ1v) is 10.8. The molecule has 31 heavy (non-hydrogen) atoms. The van der Waals surface area contributed by atoms with Gasteiger partial charge in [0.1, 0.15) is 5.75 Å². The van der Waals surface area contributed by atoms with E-state index in [-0.39, 0.29) is 5.54 Å². The quantitative estimate of drug-likeness (QED) is 0.564. The number of aliphatic hydroxyl groups is 1. The third-order valence-corrected chi connectivity index (χ3v) is 6.01. The summed E-state index contributed by atoms with van der Waals surface area (Å²) in [6.45, 7) is 5.88. The van der Waals surface area contributed by atoms with Crippen molar-refractivity contribution in [3.8, 4) is 5.75 Å². The molecule has 0 saturated heterocycles. The minimum atomic E-state index is -1.03. The zero-order chi connectivity index (χ0) is 22.6. The molecule has 1 aliphatic carbocycles. The van der Waals surface area contributed by atoms with E-state index in [4.69, 9.17) is 4.74 Å². The second-order valence-corrected chi connectivity index (χ2v) is 9.34. The van der Waals surface area contributed by atoms with Gasteiger partial charge in [-0.15, -0.1) is 0 Å². The monoisotopic (exact) mass is 426 g/mol. The number of carboxylic acid groups (broad SMARTS) is 1. The Morgan fingerprint density at radius 2 is 1.84 bits per heavy atom. The molecule has 1 fully saturated rings. The summed E-state index contributed by atoms with van der Waals surface area (Å²) in [5.41, 5.74) is 1.29. The van der Waals surface area contributed by atoms with Crippen molar-refractivity contribution in [1.29, 1.82) is 0 Å². The van der Waals surface area contributed by atoms with Crippen molar-refractivity contribution < 1.29 is 19.7 Å². The van der Waals surface area contributed by atoms with E-state index in [0.717, 1.165) is 29.7 Å². The van der Waals surface area contributed by atoms with Crippen LogP contribution in [0.5, 0.6) is 5.75 Å². The second-order valence-electron chi connectivity index (χ2n) is 9.34. The molecule has 1 saturated carbocycles. The molecule has 2 aromatic carbocycles. The van der Waals surface area contributed by atoms with Crippen LogP contribution in [0.25, 0.3) is 0 Å². The summed E-state index contributed by atoms with van der Waals surface area (Å²) in [6.07, 6.45) is 0.496. The normalized spacial score (nSPS) is 16.9. The highest BCUT2D eigenvalue weighted by molar-refractivity contribution is 5.66. The molecular formula is C25H34N2O4. The number of benzene rings is 2. The lowest BCUT2D eigenvalue weighted by Crippen LogP contribution is -2.58. The molecule has 0 unspecified atom stereocenters. The average Bonchev–Trinajstić information content (AvgIpc) is 3.52. The van der Waals surface area contributed by atoms with E-state index in [2.05, 4.69) is 11.4 Å². The first-order chi connectivity index (χ1) is 14.7. The van der Waals surface area contributed by atoms with Crippen molar-refractivity contribution in [2.75, 3.05) is 13.7 Å². The molecule has 0 bridgehead atoms. The lowest BCUT2D eigenvalue weighted by atomic mass is 9.94. The second kappa shape index (κ2) is 9.28. The lowest BCUT2D eigenvalue weighted by Gasteiger charge is -2.42. The summed E-state index contributed by atoms with van der Waals surface area (Å²) in [5.74, 6) is 0.804. The highest BCUT2D eigenvalue weighted by Gasteiger charge is 2.45. The van der Waals surface area contributed by atoms with Crippen molar-refractivity contribution in [3.05, 3.63) is 65.7 Å². The van der Waals surface area contributed by atoms with E-state index >= 15 is 0 Å². The number of hydrogen-bond acceptors (Lipinski definition) is 4. The van der Waals surface area contributed by atoms with Crippen LogP contribution in [0, 0.1) is 0 Å². The summed E-state index contributed by atoms with van der Waals surface area (Å²) in [5, 5.41) is 24.7. The number of carbonyl (C=O) groups is 1. The van der Waals surface area contributed by atoms with Crippen molar-refractivity contribution >= 4 is 6.09 Å². The Labute approximate surface area is 184 Å². The standard InChI is InChI=1S/C25H34N2O4/c1-24(2,3)27(23(29)30)21(15-18-9-6-5-7-10-18)22(28)17-26-25(13-14-25)19-11-8-12-20(16-19)31-4/h5-12,16,21-22,26,28H,13-15,17H2,1-4H3,(H,29,30)/t21-,22+/m0/s1. The number of hydrogen-bond donors (Lipinski definition) is 3. The highest BCUT2D eigenvalue weighted by atomic mass is 16.5. The van der Waals surface area contributed by atoms with Gasteiger partial charge in [-0.05, 0) is 63.3 Å². The summed E-state index contributed by atoms with van der Waals surface area (Å²) in [4.78, 5) is 13.6. The van der Waals surface area contributed by atoms with Crippen molar-refractivity contribution in [3.63, 3.8) is 0 Å². The molecule has 0 aromatic heterocycles. The maximum atomic E-state index is 12.2. The third kappa shape index (κ3) is 5.57. The fraction of sp³-hybridized carbons (Fsp3) is 0.480. The smallest absolute Gasteiger partial charge is 0.408 e. The van der Waals surface area contributed by atoms with Crippen molar-refractivity contribution in [1.82, 2.24) is 10.2 Å². The largest absolute Gasteiger partial charge is 0.497 e. The number of amides is 1. The Morgan fingerprint density at radius 1 is 1.16 bits per heavy atom. The van der Waals surface area contributed by atoms with E-state index in [9.17, 15) is 15.0 Å². The van der Waals surface area contributed by atoms with Crippen LogP contribution in [-0.2, 0) is 12.0 Å². The summed E-state index contributed by atoms with van der Waals surface area (Å²) < 4.78 is 5.35. The summed E-state index contributed by atoms with van der Waals surface area (Å²) in [7, 11) is 1.65. The fourth-order valence-electron chi connectivity index (χ4n) is 4.23. The molecular weight excluding hydrogens is 392 g/mol. The predicted molar refractivity (Wildman–Crippen MR) is 121 cm³/mol. The van der Waals surface area contributed by atoms with Gasteiger partial charge in [0, 0.05) is 17.6 Å². The first kappa shape index (κ1) is 23.1. The average molecular weight is 427 g/mol. The number of rotatable bonds is 9. The number of nitrogens with zero attached hydrogens (tertiary/aromatic N) is 1. The van der Waals surface area contributed by atoms with Gasteiger partial charge >= 0.3 is 6.09 Å². The van der Waals surface area contributed by atoms with Crippen LogP contribution in [0.2, 0.25) is 0 Å². The molecule has 2 atom stereocenters. The Morgan fingerprint density at radius 3 is 2.39 bits per heavy atom. The van der Waals surface area contributed by atoms with Gasteiger partial charge in [-0.1, -0.05) is 42.5 Å². The Balaban J connectivity index is 1.79. The van der Waals surface area contributed by atoms with Gasteiger partial charge in [0.25, 0.3) is 0 Å². The third-order valence-electron chi connectivity index (χ3n) is 6.01. The molecule has 0 radical (unpaired) electrons. The molecule has 1 amide bonds. The van der Waals surface area contributed by atoms with Crippen molar-refractivity contribution in [2.24, 2.45) is 0 Å². The molecule has 3 N–H and O–H groups in total. The van der Waals surface area contributed by atoms with Gasteiger partial charge in [-0.25, -0.2) is 4.79 Å². The molecule has 0 spiro atoms. The topological polar surface area (TPSA) is 82.0 Å². The van der Waals surface area contributed by atoms with Crippen LogP contribution in [-0.4, -0.2) is 52.5 Å². The minimum Gasteiger partial charge on any atom is -0.497 e. The molecule has 6 heteroatoms. The number of methoxy groups -OCH3 is 1. The Hall–Kier alpha value is -2.57. The van der Waals surface area contributed by atoms with Gasteiger partial charge in [0.15, 0.2) is 0 Å². The van der Waals surface area contributed by atoms with E-state index in [0.29, 0.717) is 13.0 Å². The zero-order valence-electron chi connectivity index (χ0n) is 18.8. The van der Waals surface area contributed by atoms with Crippen LogP contribution < -0.4 is 10.1 Å². The van der Waals surface area contributed by atoms with Gasteiger partial charge in [0.05, 0.1) is 19.3 Å². The van der Waals surface area contributed by atoms with Crippen molar-refractivity contribution in [2.45, 2.75) is 63.3 Å². The number of ether oxygens (including phenoxy) is 1. The van der Waals surface area contributed by atoms with Gasteiger partial charge < -0.3 is 20.3 Å². The molecule has 6 nitrogen and oxygen atoms in total. The predicted octanol–water partition coefficient (Wildman–Crippen LogP) is 4.02. The van der Waals surface area contributed by atoms with Gasteiger partial charge in [-0.2, -0.15) is 0 Å². The maximum Gasteiger partial charge on any atom is 0.408 e. The van der Waals surface area contributed by atoms with E-state index in [1.807, 2.05) is 69.3 Å². The van der Waals surface area contributed by atoms with Crippen LogP contribution >= 0.6 is 0 Å². The SMILES string of the molecule is COc1cccc(C2(NC[C@@H](O)[C@H](Cc3ccccc3)N(C(=O)O)C(C)(C)C)CC2)c1. The Bertz CT molecular complexity index is 875. The number of nitrogens with one attached hydrogen (secondary N) is 1. The van der Waals surface area contributed by atoms with E-state index < -0.39 is 23.8 Å². The molecule has 168 valence electrons. The van der Waals surface area contributed by atoms with E-state index in [1.165, 1.54) is 4.90 Å². The number of aliphatic hydroxyl groups excluding tert-OH is 1. The lowest BCUT2D eigenvalue weighted by molar-refractivity contribution is 0.00648. The van der Waals surface area contributed by atoms with Crippen LogP contribution in [0.1, 0.15) is 44.7 Å². The first-order valence-electron chi connectivity index (χ1n) is 10.8. The highest BCUT2D eigenvalue weighted by Crippen LogP contribution is 2.46. The van der Waals surface area contributed by atoms with Gasteiger partial charge in [0.2, 0.25) is 0 Å². The van der Waals surface area contributed by atoms with Crippen LogP contribution in [0.4, 0.5) is 4.79 Å².